The molecule has 1 heterocycles. The maximum atomic E-state index is 12.9. The molecule has 1 aliphatic heterocycles. The van der Waals surface area contributed by atoms with Gasteiger partial charge in [0.05, 0.1) is 18.7 Å². The predicted molar refractivity (Wildman–Crippen MR) is 98.4 cm³/mol. The van der Waals surface area contributed by atoms with Crippen molar-refractivity contribution in [1.29, 1.82) is 0 Å². The summed E-state index contributed by atoms with van der Waals surface area (Å²) in [7, 11) is 1.64. The summed E-state index contributed by atoms with van der Waals surface area (Å²) in [6, 6.07) is 13.6. The molecule has 0 spiro atoms. The van der Waals surface area contributed by atoms with Crippen molar-refractivity contribution in [2.75, 3.05) is 7.11 Å². The summed E-state index contributed by atoms with van der Waals surface area (Å²) in [4.78, 5) is 12.9. The fourth-order valence-corrected chi connectivity index (χ4v) is 3.26. The molecular formula is C21H25NO3. The number of methoxy groups -OCH3 is 1. The van der Waals surface area contributed by atoms with E-state index in [4.69, 9.17) is 9.47 Å². The Kier molecular flexibility index (Phi) is 4.98. The maximum absolute atomic E-state index is 12.9. The molecule has 0 aliphatic carbocycles. The Balaban J connectivity index is 1.82. The highest BCUT2D eigenvalue weighted by Crippen LogP contribution is 2.40. The number of amides is 1. The number of benzene rings is 2. The molecule has 4 heteroatoms. The first-order chi connectivity index (χ1) is 12.0. The van der Waals surface area contributed by atoms with Crippen LogP contribution in [0.15, 0.2) is 42.5 Å². The van der Waals surface area contributed by atoms with Gasteiger partial charge in [-0.25, -0.2) is 0 Å². The van der Waals surface area contributed by atoms with Crippen LogP contribution in [-0.2, 0) is 0 Å². The van der Waals surface area contributed by atoms with Gasteiger partial charge in [0.1, 0.15) is 17.6 Å². The fraction of sp³-hybridized carbons (Fsp3) is 0.381. The van der Waals surface area contributed by atoms with E-state index in [0.717, 1.165) is 29.0 Å². The van der Waals surface area contributed by atoms with Gasteiger partial charge in [-0.1, -0.05) is 38.1 Å². The highest BCUT2D eigenvalue weighted by molar-refractivity contribution is 5.97. The molecule has 2 aromatic rings. The molecule has 0 fully saturated rings. The molecule has 1 aliphatic rings. The van der Waals surface area contributed by atoms with E-state index in [9.17, 15) is 4.79 Å². The minimum Gasteiger partial charge on any atom is -0.497 e. The number of carbonyl (C=O) groups excluding carboxylic acids is 1. The maximum Gasteiger partial charge on any atom is 0.255 e. The average Bonchev–Trinajstić information content (AvgIpc) is 2.94. The standard InChI is InChI=1S/C21H25NO3/c1-5-19(15-9-11-16(24-4)12-10-15)22-21(23)18-8-6-7-17-13(2)14(3)25-20(17)18/h6-14,19H,5H2,1-4H3,(H,22,23). The quantitative estimate of drug-likeness (QED) is 0.875. The molecular weight excluding hydrogens is 314 g/mol. The molecule has 2 aromatic carbocycles. The van der Waals surface area contributed by atoms with Crippen molar-refractivity contribution < 1.29 is 14.3 Å². The van der Waals surface area contributed by atoms with Crippen molar-refractivity contribution in [2.45, 2.75) is 45.3 Å². The van der Waals surface area contributed by atoms with Crippen LogP contribution in [0.4, 0.5) is 0 Å². The third-order valence-electron chi connectivity index (χ3n) is 5.02. The predicted octanol–water partition coefficient (Wildman–Crippen LogP) is 4.46. The van der Waals surface area contributed by atoms with Gasteiger partial charge in [-0.3, -0.25) is 4.79 Å². The van der Waals surface area contributed by atoms with Gasteiger partial charge in [0.15, 0.2) is 0 Å². The largest absolute Gasteiger partial charge is 0.497 e. The lowest BCUT2D eigenvalue weighted by Gasteiger charge is -2.19. The lowest BCUT2D eigenvalue weighted by molar-refractivity contribution is 0.0930. The van der Waals surface area contributed by atoms with Crippen LogP contribution in [0, 0.1) is 0 Å². The van der Waals surface area contributed by atoms with E-state index in [0.29, 0.717) is 11.5 Å². The van der Waals surface area contributed by atoms with Crippen LogP contribution in [0.5, 0.6) is 11.5 Å². The van der Waals surface area contributed by atoms with Gasteiger partial charge in [-0.15, -0.1) is 0 Å². The van der Waals surface area contributed by atoms with E-state index in [1.807, 2.05) is 49.4 Å². The van der Waals surface area contributed by atoms with Gasteiger partial charge < -0.3 is 14.8 Å². The van der Waals surface area contributed by atoms with E-state index in [1.54, 1.807) is 7.11 Å². The number of nitrogens with one attached hydrogen (secondary N) is 1. The minimum atomic E-state index is -0.0965. The summed E-state index contributed by atoms with van der Waals surface area (Å²) in [6.45, 7) is 6.23. The van der Waals surface area contributed by atoms with Crippen LogP contribution < -0.4 is 14.8 Å². The SMILES string of the molecule is CCC(NC(=O)c1cccc2c1OC(C)C2C)c1ccc(OC)cc1. The topological polar surface area (TPSA) is 47.6 Å². The summed E-state index contributed by atoms with van der Waals surface area (Å²) in [5, 5.41) is 3.14. The van der Waals surface area contributed by atoms with Gasteiger partial charge in [-0.2, -0.15) is 0 Å². The summed E-state index contributed by atoms with van der Waals surface area (Å²) in [6.07, 6.45) is 0.897. The van der Waals surface area contributed by atoms with E-state index < -0.39 is 0 Å². The third kappa shape index (κ3) is 3.34. The zero-order chi connectivity index (χ0) is 18.0. The van der Waals surface area contributed by atoms with E-state index in [1.165, 1.54) is 0 Å². The Bertz CT molecular complexity index is 754. The van der Waals surface area contributed by atoms with Crippen LogP contribution in [0.2, 0.25) is 0 Å². The van der Waals surface area contributed by atoms with Gasteiger partial charge >= 0.3 is 0 Å². The molecule has 3 atom stereocenters. The molecule has 0 saturated carbocycles. The Morgan fingerprint density at radius 3 is 2.56 bits per heavy atom. The number of fused-ring (bicyclic) bond motifs is 1. The lowest BCUT2D eigenvalue weighted by atomic mass is 9.96. The molecule has 4 nitrogen and oxygen atoms in total. The fourth-order valence-electron chi connectivity index (χ4n) is 3.26. The van der Waals surface area contributed by atoms with Crippen LogP contribution in [-0.4, -0.2) is 19.1 Å². The summed E-state index contributed by atoms with van der Waals surface area (Å²) >= 11 is 0. The molecule has 1 N–H and O–H groups in total. The normalized spacial score (nSPS) is 19.7. The Labute approximate surface area is 149 Å². The summed E-state index contributed by atoms with van der Waals surface area (Å²) in [5.74, 6) is 1.74. The minimum absolute atomic E-state index is 0.0505. The number of hydrogen-bond donors (Lipinski definition) is 1. The highest BCUT2D eigenvalue weighted by atomic mass is 16.5. The second-order valence-corrected chi connectivity index (χ2v) is 6.54. The van der Waals surface area contributed by atoms with Gasteiger partial charge in [0, 0.05) is 11.5 Å². The Hall–Kier alpha value is -2.49. The zero-order valence-corrected chi connectivity index (χ0v) is 15.2. The van der Waals surface area contributed by atoms with Gasteiger partial charge in [0.25, 0.3) is 5.91 Å². The van der Waals surface area contributed by atoms with Crippen LogP contribution in [0.3, 0.4) is 0 Å². The van der Waals surface area contributed by atoms with Crippen LogP contribution >= 0.6 is 0 Å². The first-order valence-electron chi connectivity index (χ1n) is 8.79. The Morgan fingerprint density at radius 2 is 1.92 bits per heavy atom. The molecule has 132 valence electrons. The van der Waals surface area contributed by atoms with Crippen molar-refractivity contribution in [3.63, 3.8) is 0 Å². The van der Waals surface area contributed by atoms with Crippen molar-refractivity contribution in [1.82, 2.24) is 5.32 Å². The molecule has 0 bridgehead atoms. The van der Waals surface area contributed by atoms with Crippen molar-refractivity contribution in [2.24, 2.45) is 0 Å². The number of hydrogen-bond acceptors (Lipinski definition) is 3. The number of para-hydroxylation sites is 1. The Morgan fingerprint density at radius 1 is 1.20 bits per heavy atom. The van der Waals surface area contributed by atoms with E-state index >= 15 is 0 Å². The first-order valence-corrected chi connectivity index (χ1v) is 8.79. The smallest absolute Gasteiger partial charge is 0.255 e. The van der Waals surface area contributed by atoms with E-state index in [-0.39, 0.29) is 18.1 Å². The second-order valence-electron chi connectivity index (χ2n) is 6.54. The molecule has 25 heavy (non-hydrogen) atoms. The van der Waals surface area contributed by atoms with Crippen molar-refractivity contribution >= 4 is 5.91 Å². The zero-order valence-electron chi connectivity index (χ0n) is 15.2. The van der Waals surface area contributed by atoms with Gasteiger partial charge in [-0.05, 0) is 37.1 Å². The molecule has 0 radical (unpaired) electrons. The highest BCUT2D eigenvalue weighted by Gasteiger charge is 2.31. The molecule has 3 unspecified atom stereocenters. The lowest BCUT2D eigenvalue weighted by Crippen LogP contribution is -2.28. The average molecular weight is 339 g/mol. The molecule has 0 aromatic heterocycles. The number of rotatable bonds is 5. The second kappa shape index (κ2) is 7.18. The summed E-state index contributed by atoms with van der Waals surface area (Å²) < 4.78 is 11.1. The number of carbonyl (C=O) groups is 1. The first kappa shape index (κ1) is 17.3. The molecule has 3 rings (SSSR count). The third-order valence-corrected chi connectivity index (χ3v) is 5.02. The van der Waals surface area contributed by atoms with Crippen LogP contribution in [0.25, 0.3) is 0 Å². The molecule has 1 amide bonds. The summed E-state index contributed by atoms with van der Waals surface area (Å²) in [5.41, 5.74) is 2.78. The van der Waals surface area contributed by atoms with Crippen molar-refractivity contribution in [3.05, 3.63) is 59.2 Å². The van der Waals surface area contributed by atoms with E-state index in [2.05, 4.69) is 19.2 Å². The molecule has 0 saturated heterocycles. The van der Waals surface area contributed by atoms with Gasteiger partial charge in [0.2, 0.25) is 0 Å². The number of ether oxygens (including phenoxy) is 2. The van der Waals surface area contributed by atoms with Crippen molar-refractivity contribution in [3.8, 4) is 11.5 Å². The van der Waals surface area contributed by atoms with Crippen LogP contribution in [0.1, 0.15) is 60.6 Å². The monoisotopic (exact) mass is 339 g/mol.